The molecular weight excluding hydrogens is 450 g/mol. The SMILES string of the molecule is COC(=O)c1c(OCCCc2cnn(C)c2)cc(=O)n2c1CCN(C(=O)c1[nH]c(C)cc1C)CC2. The zero-order valence-corrected chi connectivity index (χ0v) is 20.6. The number of aromatic amines is 1. The van der Waals surface area contributed by atoms with E-state index in [1.54, 1.807) is 20.3 Å². The number of methoxy groups -OCH3 is 1. The number of hydrogen-bond donors (Lipinski definition) is 1. The van der Waals surface area contributed by atoms with E-state index in [-0.39, 0.29) is 29.3 Å². The maximum atomic E-state index is 13.1. The monoisotopic (exact) mass is 481 g/mol. The largest absolute Gasteiger partial charge is 0.492 e. The molecule has 0 atom stereocenters. The highest BCUT2D eigenvalue weighted by Gasteiger charge is 2.28. The molecule has 4 rings (SSSR count). The Morgan fingerprint density at radius 1 is 1.17 bits per heavy atom. The van der Waals surface area contributed by atoms with E-state index in [1.807, 2.05) is 33.2 Å². The molecule has 1 N–H and O–H groups in total. The van der Waals surface area contributed by atoms with Crippen molar-refractivity contribution in [3.05, 3.63) is 68.7 Å². The van der Waals surface area contributed by atoms with Gasteiger partial charge in [-0.25, -0.2) is 4.79 Å². The lowest BCUT2D eigenvalue weighted by Crippen LogP contribution is -2.34. The quantitative estimate of drug-likeness (QED) is 0.408. The first-order valence-corrected chi connectivity index (χ1v) is 11.7. The Labute approximate surface area is 203 Å². The second kappa shape index (κ2) is 10.2. The van der Waals surface area contributed by atoms with Crippen LogP contribution in [0.2, 0.25) is 0 Å². The minimum absolute atomic E-state index is 0.122. The number of nitrogens with one attached hydrogen (secondary N) is 1. The van der Waals surface area contributed by atoms with E-state index in [9.17, 15) is 14.4 Å². The Balaban J connectivity index is 1.54. The number of esters is 1. The summed E-state index contributed by atoms with van der Waals surface area (Å²) in [6, 6.07) is 3.27. The summed E-state index contributed by atoms with van der Waals surface area (Å²) in [6.45, 7) is 5.13. The van der Waals surface area contributed by atoms with Crippen LogP contribution in [0.3, 0.4) is 0 Å². The van der Waals surface area contributed by atoms with Crippen molar-refractivity contribution in [2.75, 3.05) is 26.8 Å². The summed E-state index contributed by atoms with van der Waals surface area (Å²) in [5, 5.41) is 4.15. The fourth-order valence-electron chi connectivity index (χ4n) is 4.56. The van der Waals surface area contributed by atoms with Gasteiger partial charge in [0, 0.05) is 56.8 Å². The Morgan fingerprint density at radius 2 is 1.97 bits per heavy atom. The van der Waals surface area contributed by atoms with Crippen LogP contribution in [0.4, 0.5) is 0 Å². The van der Waals surface area contributed by atoms with Crippen LogP contribution in [0, 0.1) is 13.8 Å². The van der Waals surface area contributed by atoms with Gasteiger partial charge in [0.2, 0.25) is 0 Å². The minimum atomic E-state index is -0.563. The molecular formula is C25H31N5O5. The molecule has 1 amide bonds. The van der Waals surface area contributed by atoms with Gasteiger partial charge < -0.3 is 23.9 Å². The lowest BCUT2D eigenvalue weighted by molar-refractivity contribution is 0.0593. The first-order chi connectivity index (χ1) is 16.8. The molecule has 3 aromatic heterocycles. The number of amides is 1. The van der Waals surface area contributed by atoms with Gasteiger partial charge in [0.25, 0.3) is 11.5 Å². The summed E-state index contributed by atoms with van der Waals surface area (Å²) < 4.78 is 14.2. The van der Waals surface area contributed by atoms with Crippen LogP contribution in [-0.2, 0) is 31.2 Å². The van der Waals surface area contributed by atoms with E-state index in [0.717, 1.165) is 23.2 Å². The summed E-state index contributed by atoms with van der Waals surface area (Å²) in [5.74, 6) is -0.468. The second-order valence-electron chi connectivity index (χ2n) is 8.84. The molecule has 0 aromatic carbocycles. The standard InChI is InChI=1S/C25H31N5O5/c1-16-12-17(2)27-23(16)24(32)29-8-7-19-22(25(33)34-4)20(13-21(31)30(19)10-9-29)35-11-5-6-18-14-26-28(3)15-18/h12-15,27H,5-11H2,1-4H3. The number of carbonyl (C=O) groups is 2. The van der Waals surface area contributed by atoms with Crippen molar-refractivity contribution in [3.63, 3.8) is 0 Å². The van der Waals surface area contributed by atoms with Crippen molar-refractivity contribution >= 4 is 11.9 Å². The maximum absolute atomic E-state index is 13.1. The van der Waals surface area contributed by atoms with E-state index in [0.29, 0.717) is 43.9 Å². The summed E-state index contributed by atoms with van der Waals surface area (Å²) in [6.07, 6.45) is 5.54. The zero-order valence-electron chi connectivity index (χ0n) is 20.6. The molecule has 1 aliphatic heterocycles. The second-order valence-corrected chi connectivity index (χ2v) is 8.84. The van der Waals surface area contributed by atoms with Crippen LogP contribution in [-0.4, -0.2) is 62.9 Å². The van der Waals surface area contributed by atoms with Crippen LogP contribution in [0.1, 0.15) is 49.8 Å². The molecule has 0 saturated carbocycles. The topological polar surface area (TPSA) is 111 Å². The number of carbonyl (C=O) groups excluding carboxylic acids is 2. The molecule has 3 aromatic rings. The highest BCUT2D eigenvalue weighted by Crippen LogP contribution is 2.25. The van der Waals surface area contributed by atoms with Gasteiger partial charge >= 0.3 is 5.97 Å². The summed E-state index contributed by atoms with van der Waals surface area (Å²) in [7, 11) is 3.17. The van der Waals surface area contributed by atoms with Crippen LogP contribution in [0.15, 0.2) is 29.3 Å². The van der Waals surface area contributed by atoms with Gasteiger partial charge in [0.05, 0.1) is 19.9 Å². The van der Waals surface area contributed by atoms with Gasteiger partial charge in [-0.2, -0.15) is 5.10 Å². The first-order valence-electron chi connectivity index (χ1n) is 11.7. The van der Waals surface area contributed by atoms with Gasteiger partial charge in [-0.05, 0) is 43.9 Å². The average Bonchev–Trinajstić information content (AvgIpc) is 3.31. The van der Waals surface area contributed by atoms with E-state index < -0.39 is 5.97 Å². The normalized spacial score (nSPS) is 13.3. The number of hydrogen-bond acceptors (Lipinski definition) is 6. The predicted molar refractivity (Wildman–Crippen MR) is 129 cm³/mol. The van der Waals surface area contributed by atoms with E-state index in [4.69, 9.17) is 9.47 Å². The van der Waals surface area contributed by atoms with E-state index >= 15 is 0 Å². The molecule has 4 heterocycles. The number of H-pyrrole nitrogens is 1. The number of aryl methyl sites for hydroxylation is 4. The minimum Gasteiger partial charge on any atom is -0.492 e. The van der Waals surface area contributed by atoms with Gasteiger partial charge in [-0.15, -0.1) is 0 Å². The first kappa shape index (κ1) is 24.3. The third-order valence-electron chi connectivity index (χ3n) is 6.26. The van der Waals surface area contributed by atoms with Gasteiger partial charge in [-0.3, -0.25) is 14.3 Å². The molecule has 35 heavy (non-hydrogen) atoms. The molecule has 1 aliphatic rings. The molecule has 0 unspecified atom stereocenters. The fourth-order valence-corrected chi connectivity index (χ4v) is 4.56. The molecule has 10 heteroatoms. The molecule has 0 bridgehead atoms. The number of ether oxygens (including phenoxy) is 2. The summed E-state index contributed by atoms with van der Waals surface area (Å²) >= 11 is 0. The average molecular weight is 482 g/mol. The number of pyridine rings is 1. The van der Waals surface area contributed by atoms with Crippen molar-refractivity contribution < 1.29 is 19.1 Å². The van der Waals surface area contributed by atoms with E-state index in [2.05, 4.69) is 10.1 Å². The third-order valence-corrected chi connectivity index (χ3v) is 6.26. The number of rotatable bonds is 7. The molecule has 10 nitrogen and oxygen atoms in total. The molecule has 0 fully saturated rings. The lowest BCUT2D eigenvalue weighted by atomic mass is 10.1. The van der Waals surface area contributed by atoms with Crippen molar-refractivity contribution in [2.24, 2.45) is 7.05 Å². The fraction of sp³-hybridized carbons (Fsp3) is 0.440. The Hall–Kier alpha value is -3.82. The molecule has 0 spiro atoms. The van der Waals surface area contributed by atoms with Crippen LogP contribution < -0.4 is 10.3 Å². The van der Waals surface area contributed by atoms with Gasteiger partial charge in [-0.1, -0.05) is 0 Å². The van der Waals surface area contributed by atoms with Crippen LogP contribution in [0.5, 0.6) is 5.75 Å². The number of aromatic nitrogens is 4. The van der Waals surface area contributed by atoms with Crippen molar-refractivity contribution in [2.45, 2.75) is 39.7 Å². The van der Waals surface area contributed by atoms with Crippen LogP contribution in [0.25, 0.3) is 0 Å². The Bertz CT molecular complexity index is 1300. The van der Waals surface area contributed by atoms with Crippen molar-refractivity contribution in [1.29, 1.82) is 0 Å². The van der Waals surface area contributed by atoms with E-state index in [1.165, 1.54) is 13.2 Å². The summed E-state index contributed by atoms with van der Waals surface area (Å²) in [4.78, 5) is 43.7. The Kier molecular flexibility index (Phi) is 7.09. The number of fused-ring (bicyclic) bond motifs is 1. The molecule has 0 saturated heterocycles. The molecule has 186 valence electrons. The van der Waals surface area contributed by atoms with Gasteiger partial charge in [0.15, 0.2) is 0 Å². The highest BCUT2D eigenvalue weighted by atomic mass is 16.5. The molecule has 0 aliphatic carbocycles. The maximum Gasteiger partial charge on any atom is 0.343 e. The predicted octanol–water partition coefficient (Wildman–Crippen LogP) is 2.02. The molecule has 0 radical (unpaired) electrons. The number of nitrogens with zero attached hydrogens (tertiary/aromatic N) is 4. The zero-order chi connectivity index (χ0) is 25.1. The lowest BCUT2D eigenvalue weighted by Gasteiger charge is -2.19. The smallest absolute Gasteiger partial charge is 0.343 e. The Morgan fingerprint density at radius 3 is 2.63 bits per heavy atom. The van der Waals surface area contributed by atoms with Crippen LogP contribution >= 0.6 is 0 Å². The summed E-state index contributed by atoms with van der Waals surface area (Å²) in [5.41, 5.74) is 3.93. The van der Waals surface area contributed by atoms with Crippen molar-refractivity contribution in [3.8, 4) is 5.75 Å². The van der Waals surface area contributed by atoms with Gasteiger partial charge in [0.1, 0.15) is 17.0 Å². The third kappa shape index (κ3) is 5.16. The highest BCUT2D eigenvalue weighted by molar-refractivity contribution is 5.95. The van der Waals surface area contributed by atoms with Crippen molar-refractivity contribution in [1.82, 2.24) is 24.2 Å².